The molecule has 5 heteroatoms. The Morgan fingerprint density at radius 3 is 3.00 bits per heavy atom. The van der Waals surface area contributed by atoms with Gasteiger partial charge in [0.05, 0.1) is 11.2 Å². The van der Waals surface area contributed by atoms with Crippen molar-refractivity contribution in [2.45, 2.75) is 13.0 Å². The van der Waals surface area contributed by atoms with Crippen molar-refractivity contribution >= 4 is 34.3 Å². The maximum absolute atomic E-state index is 11.5. The summed E-state index contributed by atoms with van der Waals surface area (Å²) in [7, 11) is 0. The minimum absolute atomic E-state index is 0.294. The predicted octanol–water partition coefficient (Wildman–Crippen LogP) is 2.87. The van der Waals surface area contributed by atoms with E-state index in [0.717, 1.165) is 34.6 Å². The standard InChI is InChI=1S/C15H16N2O2S/c1-10-9-20-7-6-17(10)14-11-4-2-3-5-13(11)16-8-12(14)15(18)19/h2-5,8,10H,6-7,9H2,1H3,(H,18,19). The maximum atomic E-state index is 11.5. The number of carboxylic acid groups (broad SMARTS) is 1. The topological polar surface area (TPSA) is 53.4 Å². The Bertz CT molecular complexity index is 659. The fourth-order valence-corrected chi connectivity index (χ4v) is 3.67. The molecule has 0 amide bonds. The number of para-hydroxylation sites is 1. The van der Waals surface area contributed by atoms with Crippen molar-refractivity contribution in [2.24, 2.45) is 0 Å². The Labute approximate surface area is 121 Å². The third-order valence-electron chi connectivity index (χ3n) is 3.63. The van der Waals surface area contributed by atoms with Crippen LogP contribution in [0.4, 0.5) is 5.69 Å². The van der Waals surface area contributed by atoms with Crippen molar-refractivity contribution < 1.29 is 9.90 Å². The Morgan fingerprint density at radius 1 is 1.45 bits per heavy atom. The summed E-state index contributed by atoms with van der Waals surface area (Å²) in [6.45, 7) is 3.02. The molecule has 2 heterocycles. The van der Waals surface area contributed by atoms with Crippen LogP contribution < -0.4 is 4.90 Å². The SMILES string of the molecule is CC1CSCCN1c1c(C(=O)O)cnc2ccccc12. The van der Waals surface area contributed by atoms with Crippen LogP contribution in [0.5, 0.6) is 0 Å². The molecule has 1 aliphatic rings. The number of carbonyl (C=O) groups is 1. The average molecular weight is 288 g/mol. The van der Waals surface area contributed by atoms with Crippen LogP contribution in [-0.2, 0) is 0 Å². The average Bonchev–Trinajstić information content (AvgIpc) is 2.46. The first kappa shape index (κ1) is 13.2. The largest absolute Gasteiger partial charge is 0.478 e. The summed E-state index contributed by atoms with van der Waals surface area (Å²) in [6, 6.07) is 8.07. The van der Waals surface area contributed by atoms with Crippen molar-refractivity contribution in [2.75, 3.05) is 23.0 Å². The first-order valence-corrected chi connectivity index (χ1v) is 7.79. The molecule has 0 spiro atoms. The number of aromatic carboxylic acids is 1. The van der Waals surface area contributed by atoms with E-state index in [4.69, 9.17) is 0 Å². The number of rotatable bonds is 2. The minimum Gasteiger partial charge on any atom is -0.478 e. The molecule has 1 atom stereocenters. The van der Waals surface area contributed by atoms with E-state index in [2.05, 4.69) is 16.8 Å². The molecule has 0 aliphatic carbocycles. The van der Waals surface area contributed by atoms with E-state index in [-0.39, 0.29) is 0 Å². The normalized spacial score (nSPS) is 19.2. The number of benzene rings is 1. The highest BCUT2D eigenvalue weighted by Crippen LogP contribution is 2.33. The van der Waals surface area contributed by atoms with Crippen molar-refractivity contribution in [3.8, 4) is 0 Å². The molecule has 1 aromatic carbocycles. The van der Waals surface area contributed by atoms with E-state index >= 15 is 0 Å². The lowest BCUT2D eigenvalue weighted by molar-refractivity contribution is 0.0697. The van der Waals surface area contributed by atoms with Gasteiger partial charge in [-0.2, -0.15) is 11.8 Å². The van der Waals surface area contributed by atoms with Crippen LogP contribution in [0.1, 0.15) is 17.3 Å². The summed E-state index contributed by atoms with van der Waals surface area (Å²) in [5, 5.41) is 10.4. The van der Waals surface area contributed by atoms with Crippen LogP contribution in [0.25, 0.3) is 10.9 Å². The van der Waals surface area contributed by atoms with Crippen LogP contribution in [0, 0.1) is 0 Å². The third kappa shape index (κ3) is 2.22. The van der Waals surface area contributed by atoms with Crippen LogP contribution in [0.3, 0.4) is 0 Å². The van der Waals surface area contributed by atoms with E-state index in [0.29, 0.717) is 11.6 Å². The molecule has 4 nitrogen and oxygen atoms in total. The van der Waals surface area contributed by atoms with Gasteiger partial charge in [-0.3, -0.25) is 4.98 Å². The Morgan fingerprint density at radius 2 is 2.25 bits per heavy atom. The van der Waals surface area contributed by atoms with Gasteiger partial charge in [0.25, 0.3) is 0 Å². The third-order valence-corrected chi connectivity index (χ3v) is 4.82. The molecule has 1 aliphatic heterocycles. The number of nitrogens with zero attached hydrogens (tertiary/aromatic N) is 2. The number of hydrogen-bond donors (Lipinski definition) is 1. The van der Waals surface area contributed by atoms with E-state index in [9.17, 15) is 9.90 Å². The van der Waals surface area contributed by atoms with E-state index < -0.39 is 5.97 Å². The summed E-state index contributed by atoms with van der Waals surface area (Å²) >= 11 is 1.92. The van der Waals surface area contributed by atoms with Gasteiger partial charge in [-0.15, -0.1) is 0 Å². The van der Waals surface area contributed by atoms with Gasteiger partial charge in [-0.1, -0.05) is 18.2 Å². The van der Waals surface area contributed by atoms with E-state index in [1.54, 1.807) is 0 Å². The highest BCUT2D eigenvalue weighted by atomic mass is 32.2. The molecule has 1 unspecified atom stereocenters. The quantitative estimate of drug-likeness (QED) is 0.921. The molecule has 1 N–H and O–H groups in total. The van der Waals surface area contributed by atoms with Gasteiger partial charge in [0.15, 0.2) is 0 Å². The molecule has 1 saturated heterocycles. The molecule has 1 fully saturated rings. The molecule has 3 rings (SSSR count). The Hall–Kier alpha value is -1.75. The number of aromatic nitrogens is 1. The maximum Gasteiger partial charge on any atom is 0.339 e. The second-order valence-electron chi connectivity index (χ2n) is 4.96. The summed E-state index contributed by atoms with van der Waals surface area (Å²) in [4.78, 5) is 18.0. The van der Waals surface area contributed by atoms with Crippen LogP contribution >= 0.6 is 11.8 Å². The molecule has 2 aromatic rings. The zero-order chi connectivity index (χ0) is 14.1. The number of fused-ring (bicyclic) bond motifs is 1. The number of anilines is 1. The van der Waals surface area contributed by atoms with Crippen molar-refractivity contribution in [1.82, 2.24) is 4.98 Å². The Kier molecular flexibility index (Phi) is 3.53. The van der Waals surface area contributed by atoms with Gasteiger partial charge in [0.2, 0.25) is 0 Å². The van der Waals surface area contributed by atoms with Gasteiger partial charge in [0.1, 0.15) is 5.56 Å². The predicted molar refractivity (Wildman–Crippen MR) is 82.8 cm³/mol. The summed E-state index contributed by atoms with van der Waals surface area (Å²) in [5.41, 5.74) is 1.95. The number of carboxylic acids is 1. The smallest absolute Gasteiger partial charge is 0.339 e. The lowest BCUT2D eigenvalue weighted by Crippen LogP contribution is -2.41. The second kappa shape index (κ2) is 5.32. The first-order chi connectivity index (χ1) is 9.68. The van der Waals surface area contributed by atoms with Crippen LogP contribution in [-0.4, -0.2) is 40.2 Å². The molecular formula is C15H16N2O2S. The molecule has 104 valence electrons. The van der Waals surface area contributed by atoms with E-state index in [1.165, 1.54) is 6.20 Å². The van der Waals surface area contributed by atoms with Gasteiger partial charge in [0, 0.05) is 35.7 Å². The zero-order valence-corrected chi connectivity index (χ0v) is 12.1. The van der Waals surface area contributed by atoms with Gasteiger partial charge < -0.3 is 10.0 Å². The van der Waals surface area contributed by atoms with Gasteiger partial charge in [-0.05, 0) is 13.0 Å². The number of thioether (sulfide) groups is 1. The zero-order valence-electron chi connectivity index (χ0n) is 11.2. The molecule has 0 radical (unpaired) electrons. The molecule has 20 heavy (non-hydrogen) atoms. The van der Waals surface area contributed by atoms with E-state index in [1.807, 2.05) is 36.0 Å². The lowest BCUT2D eigenvalue weighted by Gasteiger charge is -2.36. The number of hydrogen-bond acceptors (Lipinski definition) is 4. The van der Waals surface area contributed by atoms with Gasteiger partial charge in [-0.25, -0.2) is 4.79 Å². The van der Waals surface area contributed by atoms with Gasteiger partial charge >= 0.3 is 5.97 Å². The molecule has 1 aromatic heterocycles. The second-order valence-corrected chi connectivity index (χ2v) is 6.11. The fourth-order valence-electron chi connectivity index (χ4n) is 2.65. The highest BCUT2D eigenvalue weighted by Gasteiger charge is 2.25. The molecular weight excluding hydrogens is 272 g/mol. The van der Waals surface area contributed by atoms with Crippen LogP contribution in [0.2, 0.25) is 0 Å². The number of pyridine rings is 1. The minimum atomic E-state index is -0.913. The first-order valence-electron chi connectivity index (χ1n) is 6.64. The monoisotopic (exact) mass is 288 g/mol. The Balaban J connectivity index is 2.24. The molecule has 0 saturated carbocycles. The summed E-state index contributed by atoms with van der Waals surface area (Å²) < 4.78 is 0. The summed E-state index contributed by atoms with van der Waals surface area (Å²) in [6.07, 6.45) is 1.48. The highest BCUT2D eigenvalue weighted by molar-refractivity contribution is 7.99. The molecule has 0 bridgehead atoms. The van der Waals surface area contributed by atoms with Crippen molar-refractivity contribution in [3.63, 3.8) is 0 Å². The fraction of sp³-hybridized carbons (Fsp3) is 0.333. The van der Waals surface area contributed by atoms with Crippen molar-refractivity contribution in [1.29, 1.82) is 0 Å². The van der Waals surface area contributed by atoms with Crippen LogP contribution in [0.15, 0.2) is 30.5 Å². The summed E-state index contributed by atoms with van der Waals surface area (Å²) in [5.74, 6) is 1.14. The van der Waals surface area contributed by atoms with Crippen molar-refractivity contribution in [3.05, 3.63) is 36.0 Å². The lowest BCUT2D eigenvalue weighted by atomic mass is 10.1.